The van der Waals surface area contributed by atoms with Gasteiger partial charge in [-0.15, -0.1) is 0 Å². The minimum Gasteiger partial charge on any atom is -0.488 e. The Morgan fingerprint density at radius 3 is 3.00 bits per heavy atom. The highest BCUT2D eigenvalue weighted by atomic mass is 35.5. The van der Waals surface area contributed by atoms with Gasteiger partial charge in [0.05, 0.1) is 5.03 Å². The van der Waals surface area contributed by atoms with Crippen molar-refractivity contribution in [2.75, 3.05) is 6.61 Å². The van der Waals surface area contributed by atoms with Gasteiger partial charge in [0.1, 0.15) is 12.4 Å². The molecular formula is C11H9ClO2. The van der Waals surface area contributed by atoms with Crippen LogP contribution in [0.2, 0.25) is 0 Å². The number of aldehydes is 1. The lowest BCUT2D eigenvalue weighted by molar-refractivity contribution is -0.105. The van der Waals surface area contributed by atoms with E-state index in [-0.39, 0.29) is 6.61 Å². The summed E-state index contributed by atoms with van der Waals surface area (Å²) in [5.74, 6) is 0.742. The molecule has 1 heterocycles. The maximum atomic E-state index is 10.6. The number of hydrogen-bond acceptors (Lipinski definition) is 2. The highest BCUT2D eigenvalue weighted by Crippen LogP contribution is 2.35. The summed E-state index contributed by atoms with van der Waals surface area (Å²) in [7, 11) is 0. The van der Waals surface area contributed by atoms with Crippen LogP contribution in [-0.2, 0) is 4.79 Å². The van der Waals surface area contributed by atoms with Crippen LogP contribution in [0.5, 0.6) is 5.75 Å². The van der Waals surface area contributed by atoms with E-state index in [1.807, 2.05) is 25.1 Å². The van der Waals surface area contributed by atoms with Crippen LogP contribution in [0.25, 0.3) is 5.03 Å². The van der Waals surface area contributed by atoms with E-state index in [9.17, 15) is 4.79 Å². The van der Waals surface area contributed by atoms with Crippen molar-refractivity contribution in [3.8, 4) is 5.75 Å². The summed E-state index contributed by atoms with van der Waals surface area (Å²) >= 11 is 6.05. The number of benzene rings is 1. The molecule has 2 nitrogen and oxygen atoms in total. The molecule has 0 fully saturated rings. The first-order valence-electron chi connectivity index (χ1n) is 4.30. The SMILES string of the molecule is Cc1ccc2c(c1)C(Cl)=C(C=O)CO2. The first-order chi connectivity index (χ1) is 6.72. The Labute approximate surface area is 87.1 Å². The molecule has 3 heteroatoms. The summed E-state index contributed by atoms with van der Waals surface area (Å²) in [5, 5.41) is 0.505. The van der Waals surface area contributed by atoms with Gasteiger partial charge in [0.25, 0.3) is 0 Å². The van der Waals surface area contributed by atoms with Gasteiger partial charge in [0, 0.05) is 11.1 Å². The molecule has 0 saturated carbocycles. The standard InChI is InChI=1S/C11H9ClO2/c1-7-2-3-10-9(4-7)11(12)8(5-13)6-14-10/h2-5H,6H2,1H3. The van der Waals surface area contributed by atoms with Crippen molar-refractivity contribution in [2.24, 2.45) is 0 Å². The largest absolute Gasteiger partial charge is 0.488 e. The highest BCUT2D eigenvalue weighted by Gasteiger charge is 2.17. The summed E-state index contributed by atoms with van der Waals surface area (Å²) in [6.45, 7) is 2.23. The average Bonchev–Trinajstić information content (AvgIpc) is 2.20. The lowest BCUT2D eigenvalue weighted by atomic mass is 10.1. The molecule has 0 atom stereocenters. The number of halogens is 1. The summed E-state index contributed by atoms with van der Waals surface area (Å²) < 4.78 is 5.38. The van der Waals surface area contributed by atoms with Crippen molar-refractivity contribution in [3.05, 3.63) is 34.9 Å². The molecule has 2 rings (SSSR count). The van der Waals surface area contributed by atoms with E-state index in [1.165, 1.54) is 0 Å². The third kappa shape index (κ3) is 1.42. The van der Waals surface area contributed by atoms with Crippen LogP contribution in [0.15, 0.2) is 23.8 Å². The normalized spacial score (nSPS) is 14.7. The van der Waals surface area contributed by atoms with E-state index in [2.05, 4.69) is 0 Å². The van der Waals surface area contributed by atoms with Crippen LogP contribution in [-0.4, -0.2) is 12.9 Å². The van der Waals surface area contributed by atoms with Gasteiger partial charge in [0.2, 0.25) is 0 Å². The van der Waals surface area contributed by atoms with E-state index >= 15 is 0 Å². The molecule has 0 aliphatic carbocycles. The average molecular weight is 209 g/mol. The van der Waals surface area contributed by atoms with Gasteiger partial charge < -0.3 is 4.74 Å². The van der Waals surface area contributed by atoms with Crippen LogP contribution in [0.1, 0.15) is 11.1 Å². The molecule has 0 N–H and O–H groups in total. The molecule has 72 valence electrons. The zero-order valence-corrected chi connectivity index (χ0v) is 8.47. The van der Waals surface area contributed by atoms with Crippen LogP contribution in [0.4, 0.5) is 0 Å². The van der Waals surface area contributed by atoms with Crippen LogP contribution in [0.3, 0.4) is 0 Å². The van der Waals surface area contributed by atoms with Crippen LogP contribution < -0.4 is 4.74 Å². The minimum atomic E-state index is 0.262. The highest BCUT2D eigenvalue weighted by molar-refractivity contribution is 6.51. The van der Waals surface area contributed by atoms with Gasteiger partial charge in [-0.05, 0) is 19.1 Å². The molecule has 14 heavy (non-hydrogen) atoms. The van der Waals surface area contributed by atoms with Gasteiger partial charge in [-0.1, -0.05) is 23.2 Å². The van der Waals surface area contributed by atoms with E-state index in [0.29, 0.717) is 10.6 Å². The first kappa shape index (κ1) is 9.28. The van der Waals surface area contributed by atoms with Gasteiger partial charge in [-0.3, -0.25) is 4.79 Å². The van der Waals surface area contributed by atoms with Crippen molar-refractivity contribution in [1.82, 2.24) is 0 Å². The lowest BCUT2D eigenvalue weighted by Crippen LogP contribution is -2.10. The van der Waals surface area contributed by atoms with Gasteiger partial charge >= 0.3 is 0 Å². The van der Waals surface area contributed by atoms with Crippen molar-refractivity contribution < 1.29 is 9.53 Å². The molecule has 1 aliphatic rings. The molecule has 0 spiro atoms. The third-order valence-corrected chi connectivity index (χ3v) is 2.63. The van der Waals surface area contributed by atoms with Crippen molar-refractivity contribution >= 4 is 22.9 Å². The van der Waals surface area contributed by atoms with Crippen LogP contribution in [0, 0.1) is 6.92 Å². The van der Waals surface area contributed by atoms with Crippen LogP contribution >= 0.6 is 11.6 Å². The number of rotatable bonds is 1. The van der Waals surface area contributed by atoms with Gasteiger partial charge in [0.15, 0.2) is 6.29 Å². The smallest absolute Gasteiger partial charge is 0.150 e. The maximum absolute atomic E-state index is 10.6. The second-order valence-corrected chi connectivity index (χ2v) is 3.62. The monoisotopic (exact) mass is 208 g/mol. The van der Waals surface area contributed by atoms with Gasteiger partial charge in [-0.2, -0.15) is 0 Å². The molecule has 0 aromatic heterocycles. The van der Waals surface area contributed by atoms with E-state index in [0.717, 1.165) is 23.2 Å². The minimum absolute atomic E-state index is 0.262. The molecule has 0 radical (unpaired) electrons. The number of carbonyl (C=O) groups is 1. The summed E-state index contributed by atoms with van der Waals surface area (Å²) in [4.78, 5) is 10.6. The van der Waals surface area contributed by atoms with Crippen molar-refractivity contribution in [3.63, 3.8) is 0 Å². The number of fused-ring (bicyclic) bond motifs is 1. The Morgan fingerprint density at radius 1 is 1.50 bits per heavy atom. The molecule has 1 aliphatic heterocycles. The fourth-order valence-corrected chi connectivity index (χ4v) is 1.67. The predicted octanol–water partition coefficient (Wildman–Crippen LogP) is 2.54. The van der Waals surface area contributed by atoms with E-state index in [1.54, 1.807) is 0 Å². The molecule has 1 aromatic rings. The molecule has 0 amide bonds. The molecule has 0 unspecified atom stereocenters. The zero-order chi connectivity index (χ0) is 10.1. The molecule has 0 bridgehead atoms. The summed E-state index contributed by atoms with van der Waals surface area (Å²) in [5.41, 5.74) is 2.41. The second kappa shape index (κ2) is 3.46. The molecule has 0 saturated heterocycles. The van der Waals surface area contributed by atoms with Gasteiger partial charge in [-0.25, -0.2) is 0 Å². The fourth-order valence-electron chi connectivity index (χ4n) is 1.42. The Morgan fingerprint density at radius 2 is 2.29 bits per heavy atom. The Balaban J connectivity index is 2.60. The molecular weight excluding hydrogens is 200 g/mol. The number of ether oxygens (including phenoxy) is 1. The topological polar surface area (TPSA) is 26.3 Å². The first-order valence-corrected chi connectivity index (χ1v) is 4.68. The lowest BCUT2D eigenvalue weighted by Gasteiger charge is -2.18. The number of carbonyl (C=O) groups excluding carboxylic acids is 1. The Bertz CT molecular complexity index is 421. The summed E-state index contributed by atoms with van der Waals surface area (Å²) in [6.07, 6.45) is 0.744. The third-order valence-electron chi connectivity index (χ3n) is 2.18. The van der Waals surface area contributed by atoms with E-state index < -0.39 is 0 Å². The Hall–Kier alpha value is -1.28. The number of aryl methyl sites for hydroxylation is 1. The summed E-state index contributed by atoms with van der Waals surface area (Å²) in [6, 6.07) is 5.74. The fraction of sp³-hybridized carbons (Fsp3) is 0.182. The zero-order valence-electron chi connectivity index (χ0n) is 7.71. The second-order valence-electron chi connectivity index (χ2n) is 3.25. The number of hydrogen-bond donors (Lipinski definition) is 0. The quantitative estimate of drug-likeness (QED) is 0.663. The maximum Gasteiger partial charge on any atom is 0.150 e. The molecule has 1 aromatic carbocycles. The Kier molecular flexibility index (Phi) is 2.30. The van der Waals surface area contributed by atoms with Crippen molar-refractivity contribution in [2.45, 2.75) is 6.92 Å². The van der Waals surface area contributed by atoms with E-state index in [4.69, 9.17) is 16.3 Å². The predicted molar refractivity (Wildman–Crippen MR) is 55.5 cm³/mol. The van der Waals surface area contributed by atoms with Crippen molar-refractivity contribution in [1.29, 1.82) is 0 Å².